The van der Waals surface area contributed by atoms with Crippen LogP contribution in [-0.4, -0.2) is 0 Å². The predicted octanol–water partition coefficient (Wildman–Crippen LogP) is 6.41. The summed E-state index contributed by atoms with van der Waals surface area (Å²) in [7, 11) is 2.84. The van der Waals surface area contributed by atoms with Gasteiger partial charge in [-0.05, 0) is 11.6 Å². The smallest absolute Gasteiger partial charge is 0.0179 e. The van der Waals surface area contributed by atoms with Crippen molar-refractivity contribution in [2.75, 3.05) is 0 Å². The molecule has 4 aromatic rings. The van der Waals surface area contributed by atoms with Crippen molar-refractivity contribution in [3.05, 3.63) is 102 Å². The fourth-order valence-corrected chi connectivity index (χ4v) is 3.55. The molecule has 0 radical (unpaired) electrons. The molecule has 0 bridgehead atoms. The topological polar surface area (TPSA) is 0 Å². The summed E-state index contributed by atoms with van der Waals surface area (Å²) in [6.45, 7) is 0. The molecule has 0 nitrogen and oxygen atoms in total. The molecule has 25 heavy (non-hydrogen) atoms. The SMILES string of the molecule is Pc1cccc(-[c-]2cccc2)c1-c1ccccc1Br.[Fe].[cH-]1[cH-][cH-][cH-][cH-]1. The third kappa shape index (κ3) is 5.03. The van der Waals surface area contributed by atoms with Crippen molar-refractivity contribution in [3.63, 3.8) is 0 Å². The van der Waals surface area contributed by atoms with Crippen molar-refractivity contribution in [2.45, 2.75) is 0 Å². The first-order valence-corrected chi connectivity index (χ1v) is 9.16. The van der Waals surface area contributed by atoms with Crippen LogP contribution in [0.1, 0.15) is 0 Å². The molecule has 4 rings (SSSR count). The molecule has 0 amide bonds. The Hall–Kier alpha value is -1.43. The van der Waals surface area contributed by atoms with Crippen LogP contribution in [0.2, 0.25) is 0 Å². The minimum Gasteiger partial charge on any atom is -0.748 e. The van der Waals surface area contributed by atoms with E-state index in [1.54, 1.807) is 0 Å². The Morgan fingerprint density at radius 1 is 0.760 bits per heavy atom. The molecule has 0 aliphatic rings. The first-order chi connectivity index (χ1) is 11.8. The zero-order valence-corrected chi connectivity index (χ0v) is 17.4. The Morgan fingerprint density at radius 2 is 1.36 bits per heavy atom. The van der Waals surface area contributed by atoms with Crippen LogP contribution in [0, 0.1) is 0 Å². The maximum atomic E-state index is 3.66. The standard InChI is InChI=1S/C17H13BrP.C5H5.Fe/c18-15-10-4-3-8-14(15)17-13(9-5-11-16(17)19)12-6-1-2-7-12;1-2-4-5-3-1;/h1-11H,19H2;1-5H;/q-1;-5;. The van der Waals surface area contributed by atoms with Gasteiger partial charge in [0.15, 0.2) is 0 Å². The predicted molar refractivity (Wildman–Crippen MR) is 112 cm³/mol. The summed E-state index contributed by atoms with van der Waals surface area (Å²) < 4.78 is 1.12. The van der Waals surface area contributed by atoms with Crippen molar-refractivity contribution in [3.8, 4) is 22.3 Å². The van der Waals surface area contributed by atoms with Crippen LogP contribution in [0.3, 0.4) is 0 Å². The molecular formula is C22H18BrFeP-6. The van der Waals surface area contributed by atoms with Crippen molar-refractivity contribution in [2.24, 2.45) is 0 Å². The number of hydrogen-bond acceptors (Lipinski definition) is 0. The third-order valence-corrected chi connectivity index (χ3v) is 4.94. The second-order valence-corrected chi connectivity index (χ2v) is 6.86. The summed E-state index contributed by atoms with van der Waals surface area (Å²) >= 11 is 3.66. The Bertz CT molecular complexity index is 863. The van der Waals surface area contributed by atoms with Gasteiger partial charge in [0.25, 0.3) is 0 Å². The average Bonchev–Trinajstić information content (AvgIpc) is 3.32. The molecule has 0 aromatic heterocycles. The van der Waals surface area contributed by atoms with Crippen LogP contribution >= 0.6 is 25.2 Å². The van der Waals surface area contributed by atoms with E-state index in [1.165, 1.54) is 27.6 Å². The molecule has 3 heteroatoms. The number of benzene rings is 2. The fourth-order valence-electron chi connectivity index (χ4n) is 2.65. The first kappa shape index (κ1) is 19.9. The van der Waals surface area contributed by atoms with Crippen LogP contribution in [-0.2, 0) is 17.1 Å². The van der Waals surface area contributed by atoms with Gasteiger partial charge >= 0.3 is 0 Å². The van der Waals surface area contributed by atoms with Crippen LogP contribution in [0.5, 0.6) is 0 Å². The van der Waals surface area contributed by atoms with Crippen molar-refractivity contribution >= 4 is 30.5 Å². The van der Waals surface area contributed by atoms with E-state index in [-0.39, 0.29) is 17.1 Å². The number of halogens is 1. The molecule has 0 fully saturated rings. The number of hydrogen-bond donors (Lipinski definition) is 0. The fraction of sp³-hybridized carbons (Fsp3) is 0. The van der Waals surface area contributed by atoms with E-state index in [1.807, 2.05) is 36.4 Å². The molecule has 0 saturated carbocycles. The van der Waals surface area contributed by atoms with Crippen LogP contribution in [0.4, 0.5) is 0 Å². The Labute approximate surface area is 170 Å². The van der Waals surface area contributed by atoms with Gasteiger partial charge in [-0.3, -0.25) is 0 Å². The van der Waals surface area contributed by atoms with Gasteiger partial charge < -0.3 is 30.3 Å². The van der Waals surface area contributed by atoms with Gasteiger partial charge in [-0.2, -0.15) is 12.1 Å². The Kier molecular flexibility index (Phi) is 7.87. The molecule has 0 saturated heterocycles. The molecule has 1 unspecified atom stereocenters. The van der Waals surface area contributed by atoms with E-state index in [2.05, 4.69) is 85.8 Å². The second kappa shape index (κ2) is 9.90. The molecule has 0 N–H and O–H groups in total. The molecule has 0 aliphatic carbocycles. The molecule has 0 heterocycles. The van der Waals surface area contributed by atoms with Crippen LogP contribution in [0.15, 0.2) is 102 Å². The van der Waals surface area contributed by atoms with E-state index in [9.17, 15) is 0 Å². The molecule has 0 spiro atoms. The van der Waals surface area contributed by atoms with E-state index >= 15 is 0 Å². The van der Waals surface area contributed by atoms with Crippen LogP contribution < -0.4 is 5.30 Å². The second-order valence-electron chi connectivity index (χ2n) is 5.39. The molecule has 0 aliphatic heterocycles. The van der Waals surface area contributed by atoms with E-state index < -0.39 is 0 Å². The monoisotopic (exact) mass is 448 g/mol. The van der Waals surface area contributed by atoms with Gasteiger partial charge in [0, 0.05) is 21.5 Å². The van der Waals surface area contributed by atoms with Gasteiger partial charge in [0.2, 0.25) is 0 Å². The summed E-state index contributed by atoms with van der Waals surface area (Å²) in [5, 5.41) is 1.21. The van der Waals surface area contributed by atoms with E-state index in [0.29, 0.717) is 0 Å². The first-order valence-electron chi connectivity index (χ1n) is 7.79. The van der Waals surface area contributed by atoms with Gasteiger partial charge in [-0.25, -0.2) is 0 Å². The van der Waals surface area contributed by atoms with E-state index in [4.69, 9.17) is 0 Å². The molecule has 1 atom stereocenters. The maximum absolute atomic E-state index is 3.66. The quantitative estimate of drug-likeness (QED) is 0.189. The van der Waals surface area contributed by atoms with Crippen molar-refractivity contribution in [1.29, 1.82) is 0 Å². The third-order valence-electron chi connectivity index (χ3n) is 3.77. The molecule has 4 aromatic carbocycles. The summed E-state index contributed by atoms with van der Waals surface area (Å²) in [5.41, 5.74) is 5.02. The van der Waals surface area contributed by atoms with Crippen molar-refractivity contribution < 1.29 is 17.1 Å². The van der Waals surface area contributed by atoms with Gasteiger partial charge in [0.05, 0.1) is 0 Å². The van der Waals surface area contributed by atoms with Crippen molar-refractivity contribution in [1.82, 2.24) is 0 Å². The van der Waals surface area contributed by atoms with Gasteiger partial charge in [0.1, 0.15) is 0 Å². The zero-order valence-electron chi connectivity index (χ0n) is 13.5. The maximum Gasteiger partial charge on any atom is 0.0179 e. The van der Waals surface area contributed by atoms with Crippen LogP contribution in [0.25, 0.3) is 22.3 Å². The summed E-state index contributed by atoms with van der Waals surface area (Å²) in [6.07, 6.45) is 0. The number of rotatable bonds is 2. The summed E-state index contributed by atoms with van der Waals surface area (Å²) in [6, 6.07) is 33.2. The zero-order chi connectivity index (χ0) is 16.8. The Morgan fingerprint density at radius 3 is 1.96 bits per heavy atom. The summed E-state index contributed by atoms with van der Waals surface area (Å²) in [4.78, 5) is 0. The van der Waals surface area contributed by atoms with Gasteiger partial charge in [-0.15, -0.1) is 33.0 Å². The largest absolute Gasteiger partial charge is 0.748 e. The normalized spacial score (nSPS) is 9.68. The average molecular weight is 449 g/mol. The molecular weight excluding hydrogens is 431 g/mol. The van der Waals surface area contributed by atoms with E-state index in [0.717, 1.165) is 4.47 Å². The van der Waals surface area contributed by atoms with Gasteiger partial charge in [-0.1, -0.05) is 62.7 Å². The summed E-state index contributed by atoms with van der Waals surface area (Å²) in [5.74, 6) is 0. The Balaban J connectivity index is 0.000000325. The minimum absolute atomic E-state index is 0. The molecule has 132 valence electrons. The minimum atomic E-state index is 0.